The number of amides is 2. The number of carbonyl (C=O) groups excluding carboxylic acids is 1. The second kappa shape index (κ2) is 10.5. The smallest absolute Gasteiger partial charge is 0.315 e. The van der Waals surface area contributed by atoms with Crippen LogP contribution >= 0.6 is 11.6 Å². The van der Waals surface area contributed by atoms with Crippen molar-refractivity contribution in [3.8, 4) is 0 Å². The van der Waals surface area contributed by atoms with Gasteiger partial charge in [0.15, 0.2) is 0 Å². The molecule has 1 aliphatic rings. The van der Waals surface area contributed by atoms with E-state index in [1.165, 1.54) is 11.1 Å². The standard InChI is InChI=1S/C23H30ClN3O/c1-18(7-8-19-5-3-2-4-6-19)25-23(28)26-22-13-15-27(16-14-22)17-20-9-11-21(24)12-10-20/h2-6,9-12,18,22H,7-8,13-17H2,1H3,(H2,25,26,28). The molecule has 28 heavy (non-hydrogen) atoms. The van der Waals surface area contributed by atoms with Gasteiger partial charge in [-0.3, -0.25) is 4.90 Å². The van der Waals surface area contributed by atoms with Crippen molar-refractivity contribution >= 4 is 17.6 Å². The van der Waals surface area contributed by atoms with Gasteiger partial charge in [0.25, 0.3) is 0 Å². The van der Waals surface area contributed by atoms with Crippen LogP contribution in [0.5, 0.6) is 0 Å². The Bertz CT molecular complexity index is 727. The van der Waals surface area contributed by atoms with Gasteiger partial charge in [0, 0.05) is 36.7 Å². The largest absolute Gasteiger partial charge is 0.336 e. The van der Waals surface area contributed by atoms with E-state index in [1.807, 2.05) is 18.2 Å². The maximum absolute atomic E-state index is 12.3. The maximum atomic E-state index is 12.3. The minimum Gasteiger partial charge on any atom is -0.336 e. The molecule has 2 N–H and O–H groups in total. The summed E-state index contributed by atoms with van der Waals surface area (Å²) >= 11 is 5.95. The molecule has 0 saturated carbocycles. The van der Waals surface area contributed by atoms with Crippen LogP contribution in [0, 0.1) is 0 Å². The Morgan fingerprint density at radius 1 is 1.07 bits per heavy atom. The molecule has 2 amide bonds. The zero-order chi connectivity index (χ0) is 19.8. The van der Waals surface area contributed by atoms with E-state index in [4.69, 9.17) is 11.6 Å². The van der Waals surface area contributed by atoms with Crippen LogP contribution < -0.4 is 10.6 Å². The number of nitrogens with zero attached hydrogens (tertiary/aromatic N) is 1. The molecule has 1 aliphatic heterocycles. The van der Waals surface area contributed by atoms with Crippen molar-refractivity contribution in [2.45, 2.75) is 51.2 Å². The molecule has 1 unspecified atom stereocenters. The second-order valence-corrected chi connectivity index (χ2v) is 8.16. The topological polar surface area (TPSA) is 44.4 Å². The summed E-state index contributed by atoms with van der Waals surface area (Å²) in [6.45, 7) is 5.00. The lowest BCUT2D eigenvalue weighted by Gasteiger charge is -2.32. The van der Waals surface area contributed by atoms with E-state index in [2.05, 4.69) is 58.9 Å². The van der Waals surface area contributed by atoms with Gasteiger partial charge in [-0.05, 0) is 55.9 Å². The first kappa shape index (κ1) is 20.7. The molecular weight excluding hydrogens is 370 g/mol. The van der Waals surface area contributed by atoms with Crippen LogP contribution in [-0.2, 0) is 13.0 Å². The van der Waals surface area contributed by atoms with Crippen LogP contribution in [0.3, 0.4) is 0 Å². The molecule has 150 valence electrons. The monoisotopic (exact) mass is 399 g/mol. The zero-order valence-electron chi connectivity index (χ0n) is 16.5. The number of likely N-dealkylation sites (tertiary alicyclic amines) is 1. The lowest BCUT2D eigenvalue weighted by atomic mass is 10.0. The van der Waals surface area contributed by atoms with Gasteiger partial charge in [-0.15, -0.1) is 0 Å². The average molecular weight is 400 g/mol. The van der Waals surface area contributed by atoms with E-state index in [0.29, 0.717) is 0 Å². The summed E-state index contributed by atoms with van der Waals surface area (Å²) in [6, 6.07) is 18.8. The number of nitrogens with one attached hydrogen (secondary N) is 2. The Kier molecular flexibility index (Phi) is 7.75. The van der Waals surface area contributed by atoms with E-state index >= 15 is 0 Å². The molecule has 3 rings (SSSR count). The van der Waals surface area contributed by atoms with Crippen LogP contribution in [0.1, 0.15) is 37.3 Å². The van der Waals surface area contributed by atoms with Gasteiger partial charge in [0.1, 0.15) is 0 Å². The number of hydrogen-bond acceptors (Lipinski definition) is 2. The van der Waals surface area contributed by atoms with Crippen molar-refractivity contribution in [2.24, 2.45) is 0 Å². The van der Waals surface area contributed by atoms with E-state index in [0.717, 1.165) is 50.3 Å². The predicted octanol–water partition coefficient (Wildman–Crippen LogP) is 4.62. The van der Waals surface area contributed by atoms with Gasteiger partial charge in [-0.25, -0.2) is 4.79 Å². The summed E-state index contributed by atoms with van der Waals surface area (Å²) in [4.78, 5) is 14.7. The molecule has 1 atom stereocenters. The lowest BCUT2D eigenvalue weighted by molar-refractivity contribution is 0.185. The summed E-state index contributed by atoms with van der Waals surface area (Å²) in [5.74, 6) is 0. The Morgan fingerprint density at radius 2 is 1.75 bits per heavy atom. The van der Waals surface area contributed by atoms with Gasteiger partial charge in [-0.1, -0.05) is 54.1 Å². The highest BCUT2D eigenvalue weighted by molar-refractivity contribution is 6.30. The van der Waals surface area contributed by atoms with Crippen molar-refractivity contribution in [3.63, 3.8) is 0 Å². The van der Waals surface area contributed by atoms with E-state index < -0.39 is 0 Å². The van der Waals surface area contributed by atoms with Gasteiger partial charge in [0.05, 0.1) is 0 Å². The van der Waals surface area contributed by atoms with Crippen molar-refractivity contribution < 1.29 is 4.79 Å². The van der Waals surface area contributed by atoms with Crippen LogP contribution in [-0.4, -0.2) is 36.1 Å². The quantitative estimate of drug-likeness (QED) is 0.713. The number of piperidine rings is 1. The molecule has 0 radical (unpaired) electrons. The molecule has 1 heterocycles. The Hall–Kier alpha value is -2.04. The fraction of sp³-hybridized carbons (Fsp3) is 0.435. The minimum absolute atomic E-state index is 0.0447. The van der Waals surface area contributed by atoms with Crippen molar-refractivity contribution in [2.75, 3.05) is 13.1 Å². The zero-order valence-corrected chi connectivity index (χ0v) is 17.3. The Balaban J connectivity index is 1.33. The third-order valence-electron chi connectivity index (χ3n) is 5.33. The highest BCUT2D eigenvalue weighted by Gasteiger charge is 2.21. The van der Waals surface area contributed by atoms with Gasteiger partial charge < -0.3 is 10.6 Å². The van der Waals surface area contributed by atoms with Crippen LogP contribution in [0.25, 0.3) is 0 Å². The van der Waals surface area contributed by atoms with E-state index in [-0.39, 0.29) is 18.1 Å². The minimum atomic E-state index is -0.0447. The predicted molar refractivity (Wildman–Crippen MR) is 116 cm³/mol. The van der Waals surface area contributed by atoms with Gasteiger partial charge in [-0.2, -0.15) is 0 Å². The van der Waals surface area contributed by atoms with Gasteiger partial charge >= 0.3 is 6.03 Å². The van der Waals surface area contributed by atoms with Gasteiger partial charge in [0.2, 0.25) is 0 Å². The second-order valence-electron chi connectivity index (χ2n) is 7.72. The summed E-state index contributed by atoms with van der Waals surface area (Å²) in [5.41, 5.74) is 2.59. The Labute approximate surface area is 173 Å². The third-order valence-corrected chi connectivity index (χ3v) is 5.58. The molecule has 1 saturated heterocycles. The molecule has 0 aliphatic carbocycles. The molecule has 2 aromatic carbocycles. The fourth-order valence-electron chi connectivity index (χ4n) is 3.63. The number of carbonyl (C=O) groups is 1. The molecule has 5 heteroatoms. The van der Waals surface area contributed by atoms with Crippen molar-refractivity contribution in [3.05, 3.63) is 70.7 Å². The SMILES string of the molecule is CC(CCc1ccccc1)NC(=O)NC1CCN(Cc2ccc(Cl)cc2)CC1. The summed E-state index contributed by atoms with van der Waals surface area (Å²) in [5, 5.41) is 7.00. The average Bonchev–Trinajstić information content (AvgIpc) is 2.70. The fourth-order valence-corrected chi connectivity index (χ4v) is 3.76. The van der Waals surface area contributed by atoms with E-state index in [1.54, 1.807) is 0 Å². The summed E-state index contributed by atoms with van der Waals surface area (Å²) in [6.07, 6.45) is 3.89. The molecule has 0 aromatic heterocycles. The van der Waals surface area contributed by atoms with Crippen molar-refractivity contribution in [1.82, 2.24) is 15.5 Å². The highest BCUT2D eigenvalue weighted by Crippen LogP contribution is 2.16. The normalized spacial score (nSPS) is 16.5. The van der Waals surface area contributed by atoms with E-state index in [9.17, 15) is 4.79 Å². The molecular formula is C23H30ClN3O. The van der Waals surface area contributed by atoms with Crippen molar-refractivity contribution in [1.29, 1.82) is 0 Å². The number of benzene rings is 2. The maximum Gasteiger partial charge on any atom is 0.315 e. The van der Waals surface area contributed by atoms with Crippen LogP contribution in [0.2, 0.25) is 5.02 Å². The molecule has 1 fully saturated rings. The molecule has 4 nitrogen and oxygen atoms in total. The number of urea groups is 1. The van der Waals surface area contributed by atoms with Crippen LogP contribution in [0.4, 0.5) is 4.79 Å². The number of halogens is 1. The first-order valence-electron chi connectivity index (χ1n) is 10.2. The summed E-state index contributed by atoms with van der Waals surface area (Å²) in [7, 11) is 0. The molecule has 0 spiro atoms. The third kappa shape index (κ3) is 6.84. The first-order valence-corrected chi connectivity index (χ1v) is 10.5. The molecule has 2 aromatic rings. The number of aryl methyl sites for hydroxylation is 1. The highest BCUT2D eigenvalue weighted by atomic mass is 35.5. The molecule has 0 bridgehead atoms. The first-order chi connectivity index (χ1) is 13.6. The Morgan fingerprint density at radius 3 is 2.43 bits per heavy atom. The summed E-state index contributed by atoms with van der Waals surface area (Å²) < 4.78 is 0. The lowest BCUT2D eigenvalue weighted by Crippen LogP contribution is -2.49. The number of rotatable bonds is 7. The number of hydrogen-bond donors (Lipinski definition) is 2. The van der Waals surface area contributed by atoms with Crippen LogP contribution in [0.15, 0.2) is 54.6 Å².